The van der Waals surface area contributed by atoms with Crippen LogP contribution in [0.25, 0.3) is 10.4 Å². The van der Waals surface area contributed by atoms with Crippen molar-refractivity contribution < 1.29 is 24.2 Å². The first-order valence-electron chi connectivity index (χ1n) is 11.9. The minimum atomic E-state index is -1.61. The van der Waals surface area contributed by atoms with Crippen molar-refractivity contribution in [3.63, 3.8) is 0 Å². The minimum Gasteiger partial charge on any atom is -0.494 e. The van der Waals surface area contributed by atoms with Crippen LogP contribution in [0.5, 0.6) is 5.75 Å². The van der Waals surface area contributed by atoms with Crippen molar-refractivity contribution in [3.05, 3.63) is 104 Å². The predicted octanol–water partition coefficient (Wildman–Crippen LogP) is 5.87. The van der Waals surface area contributed by atoms with Crippen molar-refractivity contribution in [3.8, 4) is 5.75 Å². The highest BCUT2D eigenvalue weighted by Gasteiger charge is 2.54. The van der Waals surface area contributed by atoms with Crippen LogP contribution in [0, 0.1) is 0 Å². The van der Waals surface area contributed by atoms with Gasteiger partial charge in [-0.2, -0.15) is 0 Å². The Morgan fingerprint density at radius 3 is 2.67 bits per heavy atom. The van der Waals surface area contributed by atoms with Gasteiger partial charge in [-0.05, 0) is 47.5 Å². The number of ether oxygens (including phenoxy) is 2. The zero-order valence-corrected chi connectivity index (χ0v) is 22.4. The van der Waals surface area contributed by atoms with Gasteiger partial charge in [-0.1, -0.05) is 58.6 Å². The summed E-state index contributed by atoms with van der Waals surface area (Å²) < 4.78 is 12.0. The zero-order valence-electron chi connectivity index (χ0n) is 20.9. The SMILES string of the molecule is CONC(=O)[C@@]1(Cc2ccccc2N=[N+]=[N-])N=C(c2ccc(OCCCO)cc2)O[C@H]1c1ccc(Cl)cc1Cl. The van der Waals surface area contributed by atoms with Crippen molar-refractivity contribution in [2.24, 2.45) is 10.1 Å². The molecule has 3 aromatic rings. The summed E-state index contributed by atoms with van der Waals surface area (Å²) in [6, 6.07) is 18.8. The molecule has 3 aromatic carbocycles. The van der Waals surface area contributed by atoms with Gasteiger partial charge in [0.05, 0.1) is 13.7 Å². The average molecular weight is 570 g/mol. The summed E-state index contributed by atoms with van der Waals surface area (Å²) in [4.78, 5) is 26.5. The van der Waals surface area contributed by atoms with Crippen LogP contribution in [0.1, 0.15) is 29.2 Å². The molecule has 2 atom stereocenters. The van der Waals surface area contributed by atoms with E-state index < -0.39 is 17.6 Å². The van der Waals surface area contributed by atoms with Gasteiger partial charge < -0.3 is 14.6 Å². The molecule has 0 saturated heterocycles. The lowest BCUT2D eigenvalue weighted by atomic mass is 9.81. The maximum atomic E-state index is 13.7. The van der Waals surface area contributed by atoms with Crippen LogP contribution < -0.4 is 10.2 Å². The molecule has 1 heterocycles. The number of hydrogen-bond donors (Lipinski definition) is 2. The molecule has 2 N–H and O–H groups in total. The summed E-state index contributed by atoms with van der Waals surface area (Å²) >= 11 is 12.8. The quantitative estimate of drug-likeness (QED) is 0.0976. The van der Waals surface area contributed by atoms with E-state index in [0.717, 1.165) is 0 Å². The molecule has 0 unspecified atom stereocenters. The first-order chi connectivity index (χ1) is 18.9. The van der Waals surface area contributed by atoms with Crippen molar-refractivity contribution >= 4 is 40.7 Å². The van der Waals surface area contributed by atoms with E-state index in [9.17, 15) is 4.79 Å². The Hall–Kier alpha value is -3.79. The molecule has 0 bridgehead atoms. The number of nitrogens with one attached hydrogen (secondary N) is 1. The minimum absolute atomic E-state index is 0.00708. The zero-order chi connectivity index (χ0) is 27.8. The molecule has 0 fully saturated rings. The maximum absolute atomic E-state index is 13.7. The van der Waals surface area contributed by atoms with Gasteiger partial charge in [0.25, 0.3) is 5.91 Å². The van der Waals surface area contributed by atoms with Gasteiger partial charge in [0, 0.05) is 51.2 Å². The highest BCUT2D eigenvalue weighted by molar-refractivity contribution is 6.35. The normalized spacial score (nSPS) is 18.1. The number of nitrogens with zero attached hydrogens (tertiary/aromatic N) is 4. The monoisotopic (exact) mass is 569 g/mol. The summed E-state index contributed by atoms with van der Waals surface area (Å²) in [5.41, 5.74) is 11.9. The van der Waals surface area contributed by atoms with E-state index in [4.69, 9.17) is 53.1 Å². The number of benzene rings is 3. The summed E-state index contributed by atoms with van der Waals surface area (Å²) in [7, 11) is 1.32. The maximum Gasteiger partial charge on any atom is 0.276 e. The first kappa shape index (κ1) is 28.2. The molecule has 1 amide bonds. The van der Waals surface area contributed by atoms with E-state index >= 15 is 0 Å². The van der Waals surface area contributed by atoms with E-state index in [-0.39, 0.29) is 23.9 Å². The summed E-state index contributed by atoms with van der Waals surface area (Å²) in [6.45, 7) is 0.404. The van der Waals surface area contributed by atoms with E-state index in [1.54, 1.807) is 66.7 Å². The van der Waals surface area contributed by atoms with Crippen LogP contribution in [-0.2, 0) is 20.8 Å². The van der Waals surface area contributed by atoms with Crippen LogP contribution in [0.2, 0.25) is 10.0 Å². The standard InChI is InChI=1S/C27H25Cl2N5O5/c1-37-33-26(36)27(16-18-5-2-3-6-23(18)32-34-30)24(21-12-9-19(28)15-22(21)29)39-25(31-27)17-7-10-20(11-8-17)38-14-4-13-35/h2-3,5-12,15,24,35H,4,13-14,16H2,1H3,(H,33,36)/t24-,27-/m0/s1. The molecule has 202 valence electrons. The number of aliphatic imine (C=N–C) groups is 1. The number of hydroxylamine groups is 1. The molecule has 4 rings (SSSR count). The Balaban J connectivity index is 1.84. The van der Waals surface area contributed by atoms with Crippen molar-refractivity contribution in [2.75, 3.05) is 20.3 Å². The molecule has 39 heavy (non-hydrogen) atoms. The molecule has 10 nitrogen and oxygen atoms in total. The lowest BCUT2D eigenvalue weighted by molar-refractivity contribution is -0.139. The molecule has 0 radical (unpaired) electrons. The van der Waals surface area contributed by atoms with E-state index in [0.29, 0.717) is 46.2 Å². The number of carbonyl (C=O) groups excluding carboxylic acids is 1. The number of amides is 1. The van der Waals surface area contributed by atoms with Gasteiger partial charge in [0.15, 0.2) is 11.6 Å². The second kappa shape index (κ2) is 12.8. The van der Waals surface area contributed by atoms with Crippen molar-refractivity contribution in [1.82, 2.24) is 5.48 Å². The number of aliphatic hydroxyl groups is 1. The highest BCUT2D eigenvalue weighted by Crippen LogP contribution is 2.46. The third-order valence-electron chi connectivity index (χ3n) is 6.07. The Morgan fingerprint density at radius 1 is 1.21 bits per heavy atom. The Kier molecular flexibility index (Phi) is 9.29. The number of aliphatic hydroxyl groups excluding tert-OH is 1. The highest BCUT2D eigenvalue weighted by atomic mass is 35.5. The van der Waals surface area contributed by atoms with Gasteiger partial charge in [0.2, 0.25) is 5.90 Å². The Morgan fingerprint density at radius 2 is 1.97 bits per heavy atom. The summed E-state index contributed by atoms with van der Waals surface area (Å²) in [6.07, 6.45) is -0.491. The second-order valence-corrected chi connectivity index (χ2v) is 9.43. The fourth-order valence-electron chi connectivity index (χ4n) is 4.25. The van der Waals surface area contributed by atoms with E-state index in [2.05, 4.69) is 15.5 Å². The third-order valence-corrected chi connectivity index (χ3v) is 6.64. The van der Waals surface area contributed by atoms with Gasteiger partial charge in [0.1, 0.15) is 5.75 Å². The van der Waals surface area contributed by atoms with Gasteiger partial charge in [-0.15, -0.1) is 0 Å². The number of rotatable bonds is 11. The third kappa shape index (κ3) is 6.27. The van der Waals surface area contributed by atoms with Crippen molar-refractivity contribution in [1.29, 1.82) is 0 Å². The fourth-order valence-corrected chi connectivity index (χ4v) is 4.76. The largest absolute Gasteiger partial charge is 0.494 e. The number of carbonyl (C=O) groups is 1. The van der Waals surface area contributed by atoms with Crippen LogP contribution >= 0.6 is 23.2 Å². The predicted molar refractivity (Wildman–Crippen MR) is 147 cm³/mol. The summed E-state index contributed by atoms with van der Waals surface area (Å²) in [5, 5.41) is 13.5. The molecule has 1 aliphatic heterocycles. The van der Waals surface area contributed by atoms with E-state index in [1.165, 1.54) is 7.11 Å². The van der Waals surface area contributed by atoms with Crippen LogP contribution in [0.4, 0.5) is 5.69 Å². The molecule has 0 saturated carbocycles. The molecular weight excluding hydrogens is 545 g/mol. The Bertz CT molecular complexity index is 1410. The lowest BCUT2D eigenvalue weighted by Gasteiger charge is -2.31. The fraction of sp³-hybridized carbons (Fsp3) is 0.259. The smallest absolute Gasteiger partial charge is 0.276 e. The molecular formula is C27H25Cl2N5O5. The Labute approximate surface area is 234 Å². The topological polar surface area (TPSA) is 138 Å². The average Bonchev–Trinajstić information content (AvgIpc) is 3.31. The van der Waals surface area contributed by atoms with Crippen LogP contribution in [0.3, 0.4) is 0 Å². The second-order valence-electron chi connectivity index (χ2n) is 8.59. The number of hydrogen-bond acceptors (Lipinski definition) is 7. The molecule has 0 aromatic heterocycles. The summed E-state index contributed by atoms with van der Waals surface area (Å²) in [5.74, 6) is 0.214. The first-order valence-corrected chi connectivity index (χ1v) is 12.7. The molecule has 0 spiro atoms. The lowest BCUT2D eigenvalue weighted by Crippen LogP contribution is -2.49. The van der Waals surface area contributed by atoms with E-state index in [1.807, 2.05) is 0 Å². The van der Waals surface area contributed by atoms with Gasteiger partial charge in [-0.3, -0.25) is 9.63 Å². The van der Waals surface area contributed by atoms with Crippen LogP contribution in [0.15, 0.2) is 76.8 Å². The van der Waals surface area contributed by atoms with Gasteiger partial charge >= 0.3 is 0 Å². The van der Waals surface area contributed by atoms with Crippen LogP contribution in [-0.4, -0.2) is 42.8 Å². The van der Waals surface area contributed by atoms with Gasteiger partial charge in [-0.25, -0.2) is 10.5 Å². The molecule has 1 aliphatic rings. The molecule has 0 aliphatic carbocycles. The number of halogens is 2. The van der Waals surface area contributed by atoms with Crippen molar-refractivity contribution in [2.45, 2.75) is 24.5 Å². The number of azide groups is 1. The molecule has 12 heteroatoms.